The Morgan fingerprint density at radius 2 is 1.63 bits per heavy atom. The highest BCUT2D eigenvalue weighted by atomic mass is 35.5. The van der Waals surface area contributed by atoms with Crippen LogP contribution in [0.1, 0.15) is 57.6 Å². The van der Waals surface area contributed by atoms with Crippen LogP contribution in [-0.4, -0.2) is 37.0 Å². The Hall–Kier alpha value is -2.04. The van der Waals surface area contributed by atoms with Gasteiger partial charge in [0.2, 0.25) is 5.91 Å². The topological polar surface area (TPSA) is 35.6 Å². The molecule has 0 bridgehead atoms. The minimum Gasteiger partial charge on any atom is -0.372 e. The Balaban J connectivity index is 1.59. The molecule has 1 aliphatic rings. The lowest BCUT2D eigenvalue weighted by Crippen LogP contribution is -2.36. The van der Waals surface area contributed by atoms with Gasteiger partial charge in [-0.25, -0.2) is 0 Å². The van der Waals surface area contributed by atoms with Crippen molar-refractivity contribution in [2.75, 3.05) is 36.4 Å². The average Bonchev–Trinajstić information content (AvgIpc) is 3.05. The van der Waals surface area contributed by atoms with Gasteiger partial charge in [-0.3, -0.25) is 9.69 Å². The summed E-state index contributed by atoms with van der Waals surface area (Å²) in [7, 11) is 0. The first-order chi connectivity index (χ1) is 14.6. The molecule has 1 fully saturated rings. The molecule has 0 saturated carbocycles. The first kappa shape index (κ1) is 22.6. The molecule has 5 heteroatoms. The SMILES string of the molecule is CCC(c1ccc(Cl)cc1)N(CC)CC(=O)Nc1ccc(N2CCCCCC2)cc1. The maximum atomic E-state index is 12.7. The summed E-state index contributed by atoms with van der Waals surface area (Å²) < 4.78 is 0. The minimum atomic E-state index is 0.0202. The van der Waals surface area contributed by atoms with Gasteiger partial charge in [-0.15, -0.1) is 0 Å². The van der Waals surface area contributed by atoms with Gasteiger partial charge in [-0.2, -0.15) is 0 Å². The molecular formula is C25H34ClN3O. The zero-order valence-corrected chi connectivity index (χ0v) is 19.0. The summed E-state index contributed by atoms with van der Waals surface area (Å²) in [6.45, 7) is 7.68. The van der Waals surface area contributed by atoms with Crippen LogP contribution in [-0.2, 0) is 4.79 Å². The average molecular weight is 428 g/mol. The summed E-state index contributed by atoms with van der Waals surface area (Å²) in [5.41, 5.74) is 3.30. The summed E-state index contributed by atoms with van der Waals surface area (Å²) >= 11 is 6.04. The molecule has 1 heterocycles. The van der Waals surface area contributed by atoms with Crippen LogP contribution in [0.4, 0.5) is 11.4 Å². The highest BCUT2D eigenvalue weighted by Crippen LogP contribution is 2.26. The summed E-state index contributed by atoms with van der Waals surface area (Å²) in [6.07, 6.45) is 6.11. The van der Waals surface area contributed by atoms with Gasteiger partial charge in [-0.1, -0.05) is 50.4 Å². The fourth-order valence-corrected chi connectivity index (χ4v) is 4.43. The van der Waals surface area contributed by atoms with E-state index < -0.39 is 0 Å². The van der Waals surface area contributed by atoms with Gasteiger partial charge < -0.3 is 10.2 Å². The number of hydrogen-bond donors (Lipinski definition) is 1. The number of amides is 1. The molecule has 1 N–H and O–H groups in total. The molecule has 0 spiro atoms. The molecule has 162 valence electrons. The van der Waals surface area contributed by atoms with Crippen molar-refractivity contribution in [2.24, 2.45) is 0 Å². The van der Waals surface area contributed by atoms with Gasteiger partial charge in [0.25, 0.3) is 0 Å². The maximum absolute atomic E-state index is 12.7. The van der Waals surface area contributed by atoms with Crippen LogP contribution in [0, 0.1) is 0 Å². The number of carbonyl (C=O) groups excluding carboxylic acids is 1. The van der Waals surface area contributed by atoms with Gasteiger partial charge in [0.15, 0.2) is 0 Å². The number of rotatable bonds is 8. The van der Waals surface area contributed by atoms with Crippen LogP contribution >= 0.6 is 11.6 Å². The standard InChI is InChI=1S/C25H34ClN3O/c1-3-24(20-9-11-21(26)12-10-20)28(4-2)19-25(30)27-22-13-15-23(16-14-22)29-17-7-5-6-8-18-29/h9-16,24H,3-8,17-19H2,1-2H3,(H,27,30). The Kier molecular flexibility index (Phi) is 8.59. The number of anilines is 2. The first-order valence-electron chi connectivity index (χ1n) is 11.2. The molecule has 1 aliphatic heterocycles. The molecule has 0 aliphatic carbocycles. The smallest absolute Gasteiger partial charge is 0.238 e. The van der Waals surface area contributed by atoms with Crippen LogP contribution in [0.15, 0.2) is 48.5 Å². The number of carbonyl (C=O) groups is 1. The van der Waals surface area contributed by atoms with E-state index in [0.717, 1.165) is 36.8 Å². The minimum absolute atomic E-state index is 0.0202. The van der Waals surface area contributed by atoms with Crippen molar-refractivity contribution in [3.63, 3.8) is 0 Å². The fraction of sp³-hybridized carbons (Fsp3) is 0.480. The highest BCUT2D eigenvalue weighted by Gasteiger charge is 2.20. The van der Waals surface area contributed by atoms with Crippen molar-refractivity contribution in [2.45, 2.75) is 52.0 Å². The monoisotopic (exact) mass is 427 g/mol. The molecule has 0 aromatic heterocycles. The van der Waals surface area contributed by atoms with Gasteiger partial charge in [-0.05, 0) is 67.8 Å². The van der Waals surface area contributed by atoms with Crippen molar-refractivity contribution in [3.05, 3.63) is 59.1 Å². The zero-order chi connectivity index (χ0) is 21.3. The molecule has 1 saturated heterocycles. The molecule has 1 unspecified atom stereocenters. The third-order valence-corrected chi connectivity index (χ3v) is 6.21. The van der Waals surface area contributed by atoms with E-state index in [1.165, 1.54) is 36.9 Å². The van der Waals surface area contributed by atoms with Gasteiger partial charge >= 0.3 is 0 Å². The van der Waals surface area contributed by atoms with E-state index in [1.54, 1.807) is 0 Å². The second-order valence-corrected chi connectivity index (χ2v) is 8.47. The van der Waals surface area contributed by atoms with E-state index >= 15 is 0 Å². The van der Waals surface area contributed by atoms with E-state index in [4.69, 9.17) is 11.6 Å². The third kappa shape index (κ3) is 6.23. The Morgan fingerprint density at radius 3 is 2.20 bits per heavy atom. The number of hydrogen-bond acceptors (Lipinski definition) is 3. The molecular weight excluding hydrogens is 394 g/mol. The summed E-state index contributed by atoms with van der Waals surface area (Å²) in [5.74, 6) is 0.0202. The van der Waals surface area contributed by atoms with E-state index in [1.807, 2.05) is 24.3 Å². The predicted octanol–water partition coefficient (Wildman–Crippen LogP) is 6.13. The van der Waals surface area contributed by atoms with Crippen LogP contribution < -0.4 is 10.2 Å². The second-order valence-electron chi connectivity index (χ2n) is 8.04. The van der Waals surface area contributed by atoms with Crippen molar-refractivity contribution in [1.82, 2.24) is 4.90 Å². The summed E-state index contributed by atoms with van der Waals surface area (Å²) in [4.78, 5) is 17.4. The van der Waals surface area contributed by atoms with Crippen molar-refractivity contribution < 1.29 is 4.79 Å². The van der Waals surface area contributed by atoms with Gasteiger partial charge in [0, 0.05) is 35.5 Å². The quantitative estimate of drug-likeness (QED) is 0.550. The number of benzene rings is 2. The Labute approximate surface area is 186 Å². The summed E-state index contributed by atoms with van der Waals surface area (Å²) in [6, 6.07) is 16.4. The van der Waals surface area contributed by atoms with Crippen LogP contribution in [0.5, 0.6) is 0 Å². The lowest BCUT2D eigenvalue weighted by molar-refractivity contribution is -0.117. The van der Waals surface area contributed by atoms with E-state index in [2.05, 4.69) is 53.2 Å². The molecule has 1 atom stereocenters. The van der Waals surface area contributed by atoms with Crippen LogP contribution in [0.2, 0.25) is 5.02 Å². The van der Waals surface area contributed by atoms with E-state index in [-0.39, 0.29) is 11.9 Å². The molecule has 2 aromatic rings. The van der Waals surface area contributed by atoms with Crippen LogP contribution in [0.3, 0.4) is 0 Å². The molecule has 0 radical (unpaired) electrons. The van der Waals surface area contributed by atoms with Crippen molar-refractivity contribution in [3.8, 4) is 0 Å². The maximum Gasteiger partial charge on any atom is 0.238 e. The van der Waals surface area contributed by atoms with Crippen molar-refractivity contribution in [1.29, 1.82) is 0 Å². The van der Waals surface area contributed by atoms with Crippen molar-refractivity contribution >= 4 is 28.9 Å². The molecule has 3 rings (SSSR count). The zero-order valence-electron chi connectivity index (χ0n) is 18.2. The Morgan fingerprint density at radius 1 is 1.00 bits per heavy atom. The van der Waals surface area contributed by atoms with Crippen LogP contribution in [0.25, 0.3) is 0 Å². The third-order valence-electron chi connectivity index (χ3n) is 5.96. The molecule has 1 amide bonds. The summed E-state index contributed by atoms with van der Waals surface area (Å²) in [5, 5.41) is 3.80. The predicted molar refractivity (Wildman–Crippen MR) is 127 cm³/mol. The fourth-order valence-electron chi connectivity index (χ4n) is 4.30. The first-order valence-corrected chi connectivity index (χ1v) is 11.6. The normalized spacial score (nSPS) is 15.7. The highest BCUT2D eigenvalue weighted by molar-refractivity contribution is 6.30. The molecule has 30 heavy (non-hydrogen) atoms. The number of likely N-dealkylation sites (N-methyl/N-ethyl adjacent to an activating group) is 1. The van der Waals surface area contributed by atoms with Gasteiger partial charge in [0.1, 0.15) is 0 Å². The molecule has 4 nitrogen and oxygen atoms in total. The number of nitrogens with one attached hydrogen (secondary N) is 1. The largest absolute Gasteiger partial charge is 0.372 e. The van der Waals surface area contributed by atoms with E-state index in [0.29, 0.717) is 6.54 Å². The second kappa shape index (κ2) is 11.4. The van der Waals surface area contributed by atoms with E-state index in [9.17, 15) is 4.79 Å². The Bertz CT molecular complexity index is 783. The number of halogens is 1. The number of nitrogens with zero attached hydrogens (tertiary/aromatic N) is 2. The van der Waals surface area contributed by atoms with Gasteiger partial charge in [0.05, 0.1) is 6.54 Å². The molecule has 2 aromatic carbocycles. The lowest BCUT2D eigenvalue weighted by atomic mass is 10.0. The lowest BCUT2D eigenvalue weighted by Gasteiger charge is -2.30.